The molecule has 1 heterocycles. The summed E-state index contributed by atoms with van der Waals surface area (Å²) in [5, 5.41) is 7.85. The van der Waals surface area contributed by atoms with Crippen LogP contribution in [-0.4, -0.2) is 50.7 Å². The highest BCUT2D eigenvalue weighted by Gasteiger charge is 2.18. The zero-order valence-corrected chi connectivity index (χ0v) is 19.9. The second kappa shape index (κ2) is 13.8. The van der Waals surface area contributed by atoms with Crippen LogP contribution in [0, 0.1) is 12.3 Å². The van der Waals surface area contributed by atoms with Gasteiger partial charge in [-0.25, -0.2) is 0 Å². The van der Waals surface area contributed by atoms with Crippen LogP contribution in [0.25, 0.3) is 0 Å². The van der Waals surface area contributed by atoms with E-state index in [1.807, 2.05) is 12.1 Å². The number of carbonyl (C=O) groups excluding carboxylic acids is 1. The molecule has 0 radical (unpaired) electrons. The fraction of sp³-hybridized carbons (Fsp3) is 0.318. The van der Waals surface area contributed by atoms with Gasteiger partial charge < -0.3 is 31.5 Å². The molecule has 0 saturated carbocycles. The minimum absolute atomic E-state index is 0.171. The van der Waals surface area contributed by atoms with Gasteiger partial charge in [0.05, 0.1) is 5.49 Å². The zero-order valence-electron chi connectivity index (χ0n) is 17.5. The third kappa shape index (κ3) is 7.51. The Morgan fingerprint density at radius 3 is 2.13 bits per heavy atom. The van der Waals surface area contributed by atoms with E-state index < -0.39 is 0 Å². The molecule has 0 bridgehead atoms. The van der Waals surface area contributed by atoms with E-state index in [1.54, 1.807) is 0 Å². The number of anilines is 2. The number of nitrogens with one attached hydrogen (secondary N) is 1. The molecule has 0 spiro atoms. The number of piperazine rings is 1. The van der Waals surface area contributed by atoms with Gasteiger partial charge in [0.25, 0.3) is 0 Å². The van der Waals surface area contributed by atoms with Gasteiger partial charge >= 0.3 is 0 Å². The first kappa shape index (κ1) is 25.7. The van der Waals surface area contributed by atoms with Crippen LogP contribution in [0.15, 0.2) is 46.9 Å². The fourth-order valence-electron chi connectivity index (χ4n) is 3.25. The molecule has 0 amide bonds. The van der Waals surface area contributed by atoms with Gasteiger partial charge in [0.15, 0.2) is 0 Å². The van der Waals surface area contributed by atoms with Crippen molar-refractivity contribution in [3.05, 3.63) is 58.1 Å². The Morgan fingerprint density at radius 2 is 1.63 bits per heavy atom. The molecule has 162 valence electrons. The number of thiocarbonyl (C=S) groups is 1. The number of halogens is 1. The molecule has 6 nitrogen and oxygen atoms in total. The molecule has 2 aromatic carbocycles. The molecule has 5 N–H and O–H groups in total. The standard InChI is InChI=1S/C20H22BrN3O.CH3NS.CH5N/c1-15-14-17(21)4-7-20(15)24-11-9-23(10-12-24)18-5-2-16(3-6-18)19(22)8-13-25;2-1-3;1-2/h2-7,13-14,22H,8-12H2,1H3;1H,(H2,2,3);2H2,1H3. The quantitative estimate of drug-likeness (QED) is 0.336. The minimum Gasteiger partial charge on any atom is -0.396 e. The summed E-state index contributed by atoms with van der Waals surface area (Å²) in [5.74, 6) is 0. The molecule has 30 heavy (non-hydrogen) atoms. The van der Waals surface area contributed by atoms with Crippen LogP contribution in [0.5, 0.6) is 0 Å². The largest absolute Gasteiger partial charge is 0.396 e. The lowest BCUT2D eigenvalue weighted by Gasteiger charge is -2.38. The van der Waals surface area contributed by atoms with Crippen LogP contribution >= 0.6 is 28.1 Å². The maximum absolute atomic E-state index is 10.5. The van der Waals surface area contributed by atoms with E-state index in [-0.39, 0.29) is 6.42 Å². The number of hydrogen-bond donors (Lipinski definition) is 3. The third-order valence-electron chi connectivity index (χ3n) is 4.65. The number of aldehydes is 1. The van der Waals surface area contributed by atoms with Gasteiger partial charge in [-0.1, -0.05) is 40.3 Å². The van der Waals surface area contributed by atoms with E-state index >= 15 is 0 Å². The molecule has 3 rings (SSSR count). The molecule has 1 saturated heterocycles. The van der Waals surface area contributed by atoms with E-state index in [4.69, 9.17) is 5.41 Å². The van der Waals surface area contributed by atoms with E-state index in [2.05, 4.69) is 86.7 Å². The van der Waals surface area contributed by atoms with Crippen molar-refractivity contribution in [3.63, 3.8) is 0 Å². The Balaban J connectivity index is 0.000000826. The molecular weight excluding hydrogens is 462 g/mol. The second-order valence-corrected chi connectivity index (χ2v) is 7.63. The maximum atomic E-state index is 10.5. The van der Waals surface area contributed by atoms with Crippen molar-refractivity contribution in [1.29, 1.82) is 5.41 Å². The van der Waals surface area contributed by atoms with E-state index in [0.29, 0.717) is 5.71 Å². The van der Waals surface area contributed by atoms with E-state index in [0.717, 1.165) is 48.0 Å². The van der Waals surface area contributed by atoms with Crippen LogP contribution in [0.2, 0.25) is 0 Å². The van der Waals surface area contributed by atoms with Crippen LogP contribution in [0.1, 0.15) is 17.5 Å². The smallest absolute Gasteiger partial charge is 0.125 e. The Morgan fingerprint density at radius 1 is 1.10 bits per heavy atom. The normalized spacial score (nSPS) is 12.7. The average molecular weight is 492 g/mol. The van der Waals surface area contributed by atoms with Crippen molar-refractivity contribution in [2.45, 2.75) is 13.3 Å². The highest BCUT2D eigenvalue weighted by molar-refractivity contribution is 9.10. The second-order valence-electron chi connectivity index (χ2n) is 6.44. The summed E-state index contributed by atoms with van der Waals surface area (Å²) < 4.78 is 1.12. The fourth-order valence-corrected chi connectivity index (χ4v) is 3.73. The predicted molar refractivity (Wildman–Crippen MR) is 135 cm³/mol. The lowest BCUT2D eigenvalue weighted by molar-refractivity contribution is -0.106. The maximum Gasteiger partial charge on any atom is 0.125 e. The van der Waals surface area contributed by atoms with Crippen molar-refractivity contribution in [1.82, 2.24) is 0 Å². The first-order chi connectivity index (χ1) is 14.5. The molecule has 0 aliphatic carbocycles. The molecule has 0 aromatic heterocycles. The van der Waals surface area contributed by atoms with E-state index in [1.165, 1.54) is 24.0 Å². The number of hydrogen-bond acceptors (Lipinski definition) is 6. The Bertz CT molecular complexity index is 821. The van der Waals surface area contributed by atoms with Gasteiger partial charge in [0, 0.05) is 54.2 Å². The van der Waals surface area contributed by atoms with Gasteiger partial charge in [0.1, 0.15) is 6.29 Å². The van der Waals surface area contributed by atoms with Crippen LogP contribution in [0.4, 0.5) is 11.4 Å². The van der Waals surface area contributed by atoms with Gasteiger partial charge in [-0.2, -0.15) is 0 Å². The predicted octanol–water partition coefficient (Wildman–Crippen LogP) is 3.52. The lowest BCUT2D eigenvalue weighted by Crippen LogP contribution is -2.46. The highest BCUT2D eigenvalue weighted by atomic mass is 79.9. The van der Waals surface area contributed by atoms with Gasteiger partial charge in [-0.05, 0) is 55.4 Å². The monoisotopic (exact) mass is 491 g/mol. The molecule has 1 aliphatic heterocycles. The van der Waals surface area contributed by atoms with Crippen molar-refractivity contribution in [2.24, 2.45) is 11.5 Å². The summed E-state index contributed by atoms with van der Waals surface area (Å²) in [6.07, 6.45) is 0.949. The third-order valence-corrected chi connectivity index (χ3v) is 5.14. The van der Waals surface area contributed by atoms with E-state index in [9.17, 15) is 4.79 Å². The summed E-state index contributed by atoms with van der Waals surface area (Å²) in [7, 11) is 1.50. The SMILES string of the molecule is CN.Cc1cc(Br)ccc1N1CCN(c2ccc(C(=N)CC=O)cc2)CC1.NC=S. The Labute approximate surface area is 192 Å². The number of carbonyl (C=O) groups is 1. The van der Waals surface area contributed by atoms with Crippen molar-refractivity contribution in [3.8, 4) is 0 Å². The van der Waals surface area contributed by atoms with Gasteiger partial charge in [0.2, 0.25) is 0 Å². The van der Waals surface area contributed by atoms with Crippen LogP contribution < -0.4 is 21.3 Å². The van der Waals surface area contributed by atoms with Gasteiger partial charge in [-0.15, -0.1) is 0 Å². The minimum atomic E-state index is 0.171. The summed E-state index contributed by atoms with van der Waals surface area (Å²) >= 11 is 7.57. The molecular formula is C22H30BrN5OS. The summed E-state index contributed by atoms with van der Waals surface area (Å²) in [5.41, 5.74) is 15.1. The number of aryl methyl sites for hydroxylation is 1. The number of rotatable bonds is 5. The topological polar surface area (TPSA) is 99.4 Å². The van der Waals surface area contributed by atoms with Crippen LogP contribution in [-0.2, 0) is 4.79 Å². The Hall–Kier alpha value is -2.29. The zero-order chi connectivity index (χ0) is 22.5. The molecule has 2 aromatic rings. The lowest BCUT2D eigenvalue weighted by atomic mass is 10.1. The van der Waals surface area contributed by atoms with Crippen molar-refractivity contribution >= 4 is 57.0 Å². The van der Waals surface area contributed by atoms with Crippen molar-refractivity contribution in [2.75, 3.05) is 43.0 Å². The number of nitrogens with zero attached hydrogens (tertiary/aromatic N) is 2. The molecule has 0 atom stereocenters. The first-order valence-electron chi connectivity index (χ1n) is 9.60. The number of benzene rings is 2. The number of nitrogens with two attached hydrogens (primary N) is 2. The molecule has 0 unspecified atom stereocenters. The molecule has 8 heteroatoms. The first-order valence-corrected chi connectivity index (χ1v) is 10.9. The summed E-state index contributed by atoms with van der Waals surface area (Å²) in [4.78, 5) is 15.3. The average Bonchev–Trinajstić information content (AvgIpc) is 2.76. The Kier molecular flexibility index (Phi) is 11.9. The van der Waals surface area contributed by atoms with Gasteiger partial charge in [-0.3, -0.25) is 0 Å². The van der Waals surface area contributed by atoms with Crippen molar-refractivity contribution < 1.29 is 4.79 Å². The summed E-state index contributed by atoms with van der Waals surface area (Å²) in [6, 6.07) is 14.4. The molecule has 1 fully saturated rings. The molecule has 1 aliphatic rings. The highest BCUT2D eigenvalue weighted by Crippen LogP contribution is 2.26. The summed E-state index contributed by atoms with van der Waals surface area (Å²) in [6.45, 7) is 6.08. The van der Waals surface area contributed by atoms with Crippen LogP contribution in [0.3, 0.4) is 0 Å².